The molecule has 0 amide bonds. The zero-order chi connectivity index (χ0) is 16.1. The molecule has 1 aliphatic rings. The largest absolute Gasteiger partial charge is 0.367 e. The molecule has 3 rings (SSSR count). The molecule has 0 aromatic carbocycles. The lowest BCUT2D eigenvalue weighted by Gasteiger charge is -2.23. The van der Waals surface area contributed by atoms with E-state index < -0.39 is 0 Å². The minimum atomic E-state index is 0.700. The van der Waals surface area contributed by atoms with Gasteiger partial charge in [-0.3, -0.25) is 9.39 Å². The first-order chi connectivity index (χ1) is 11.3. The number of nitrogens with zero attached hydrogens (tertiary/aromatic N) is 4. The van der Waals surface area contributed by atoms with Gasteiger partial charge in [0.1, 0.15) is 0 Å². The predicted octanol–water partition coefficient (Wildman–Crippen LogP) is 2.24. The Morgan fingerprint density at radius 3 is 3.00 bits per heavy atom. The summed E-state index contributed by atoms with van der Waals surface area (Å²) in [6, 6.07) is 0. The van der Waals surface area contributed by atoms with Gasteiger partial charge in [0, 0.05) is 37.8 Å². The van der Waals surface area contributed by atoms with Gasteiger partial charge >= 0.3 is 0 Å². The number of aromatic nitrogens is 3. The second-order valence-electron chi connectivity index (χ2n) is 5.82. The molecular formula is C17H24N6. The molecule has 2 aromatic heterocycles. The van der Waals surface area contributed by atoms with Crippen molar-refractivity contribution >= 4 is 23.3 Å². The number of hydrogen-bond acceptors (Lipinski definition) is 5. The van der Waals surface area contributed by atoms with Crippen molar-refractivity contribution in [3.05, 3.63) is 30.4 Å². The normalized spacial score (nSPS) is 17.2. The molecule has 0 atom stereocenters. The van der Waals surface area contributed by atoms with Crippen LogP contribution >= 0.6 is 0 Å². The molecule has 122 valence electrons. The van der Waals surface area contributed by atoms with E-state index in [1.807, 2.05) is 37.8 Å². The molecule has 1 aliphatic heterocycles. The van der Waals surface area contributed by atoms with Crippen LogP contribution in [0.4, 0.5) is 5.82 Å². The molecular weight excluding hydrogens is 288 g/mol. The molecule has 0 unspecified atom stereocenters. The number of imidazole rings is 1. The van der Waals surface area contributed by atoms with Gasteiger partial charge in [0.2, 0.25) is 0 Å². The Hall–Kier alpha value is -2.21. The van der Waals surface area contributed by atoms with Gasteiger partial charge in [-0.15, -0.1) is 0 Å². The van der Waals surface area contributed by atoms with Crippen LogP contribution in [0.5, 0.6) is 0 Å². The average molecular weight is 312 g/mol. The van der Waals surface area contributed by atoms with Crippen LogP contribution in [0.25, 0.3) is 11.2 Å². The molecule has 1 saturated heterocycles. The molecule has 0 bridgehead atoms. The third-order valence-corrected chi connectivity index (χ3v) is 4.32. The van der Waals surface area contributed by atoms with Crippen LogP contribution in [0.15, 0.2) is 29.7 Å². The van der Waals surface area contributed by atoms with E-state index in [4.69, 9.17) is 0 Å². The summed E-state index contributed by atoms with van der Waals surface area (Å²) < 4.78 is 2.06. The molecule has 3 heterocycles. The van der Waals surface area contributed by atoms with Gasteiger partial charge in [-0.25, -0.2) is 9.97 Å². The summed E-state index contributed by atoms with van der Waals surface area (Å²) in [6.45, 7) is 5.17. The lowest BCUT2D eigenvalue weighted by Crippen LogP contribution is -2.31. The van der Waals surface area contributed by atoms with E-state index >= 15 is 0 Å². The van der Waals surface area contributed by atoms with Gasteiger partial charge < -0.3 is 10.6 Å². The van der Waals surface area contributed by atoms with E-state index in [1.165, 1.54) is 12.8 Å². The topological polar surface area (TPSA) is 66.6 Å². The van der Waals surface area contributed by atoms with E-state index in [-0.39, 0.29) is 0 Å². The fourth-order valence-electron chi connectivity index (χ4n) is 3.01. The summed E-state index contributed by atoms with van der Waals surface area (Å²) in [7, 11) is 1.78. The van der Waals surface area contributed by atoms with Gasteiger partial charge in [-0.2, -0.15) is 0 Å². The van der Waals surface area contributed by atoms with Crippen molar-refractivity contribution in [2.75, 3.05) is 32.0 Å². The van der Waals surface area contributed by atoms with Crippen LogP contribution in [-0.2, 0) is 0 Å². The number of hydrogen-bond donors (Lipinski definition) is 2. The van der Waals surface area contributed by atoms with Crippen LogP contribution < -0.4 is 10.6 Å². The van der Waals surface area contributed by atoms with Gasteiger partial charge in [0.25, 0.3) is 0 Å². The second-order valence-corrected chi connectivity index (χ2v) is 5.82. The van der Waals surface area contributed by atoms with Crippen molar-refractivity contribution in [2.45, 2.75) is 19.8 Å². The van der Waals surface area contributed by atoms with Crippen molar-refractivity contribution in [2.24, 2.45) is 10.9 Å². The Kier molecular flexibility index (Phi) is 5.02. The monoisotopic (exact) mass is 312 g/mol. The van der Waals surface area contributed by atoms with Crippen LogP contribution in [0.2, 0.25) is 0 Å². The summed E-state index contributed by atoms with van der Waals surface area (Å²) in [5.41, 5.74) is 2.94. The standard InChI is InChI=1S/C17H24N6/c1-3-14(11-18-2)15-12-22-17-16(20-8-9-23(15)17)21-10-13-4-6-19-7-5-13/h3,8-9,11-13,19H,4-7,10H2,1-2H3,(H,20,21)/b14-3+,18-11?. The fraction of sp³-hybridized carbons (Fsp3) is 0.471. The highest BCUT2D eigenvalue weighted by atomic mass is 15.1. The Labute approximate surface area is 136 Å². The third-order valence-electron chi connectivity index (χ3n) is 4.32. The van der Waals surface area contributed by atoms with E-state index in [2.05, 4.69) is 30.0 Å². The molecule has 2 aromatic rings. The molecule has 23 heavy (non-hydrogen) atoms. The summed E-state index contributed by atoms with van der Waals surface area (Å²) in [5, 5.41) is 6.88. The first-order valence-electron chi connectivity index (χ1n) is 8.19. The van der Waals surface area contributed by atoms with Gasteiger partial charge in [0.05, 0.1) is 11.9 Å². The van der Waals surface area contributed by atoms with Crippen molar-refractivity contribution in [3.8, 4) is 0 Å². The highest BCUT2D eigenvalue weighted by Crippen LogP contribution is 2.20. The Morgan fingerprint density at radius 1 is 1.43 bits per heavy atom. The lowest BCUT2D eigenvalue weighted by atomic mass is 9.98. The highest BCUT2D eigenvalue weighted by Gasteiger charge is 2.15. The van der Waals surface area contributed by atoms with Crippen molar-refractivity contribution < 1.29 is 0 Å². The summed E-state index contributed by atoms with van der Waals surface area (Å²) >= 11 is 0. The minimum Gasteiger partial charge on any atom is -0.367 e. The zero-order valence-electron chi connectivity index (χ0n) is 13.8. The highest BCUT2D eigenvalue weighted by molar-refractivity contribution is 6.09. The van der Waals surface area contributed by atoms with Crippen LogP contribution in [0.3, 0.4) is 0 Å². The number of anilines is 1. The molecule has 0 radical (unpaired) electrons. The van der Waals surface area contributed by atoms with Crippen molar-refractivity contribution in [1.82, 2.24) is 19.7 Å². The molecule has 6 nitrogen and oxygen atoms in total. The van der Waals surface area contributed by atoms with Gasteiger partial charge in [0.15, 0.2) is 11.5 Å². The summed E-state index contributed by atoms with van der Waals surface area (Å²) in [5.74, 6) is 1.55. The maximum Gasteiger partial charge on any atom is 0.180 e. The second kappa shape index (κ2) is 7.37. The van der Waals surface area contributed by atoms with E-state index in [1.54, 1.807) is 7.05 Å². The number of aliphatic imine (C=N–C) groups is 1. The molecule has 1 fully saturated rings. The SMILES string of the molecule is C/C=C(\C=NC)c1cnc2c(NCC3CCNCC3)nccn12. The molecule has 6 heteroatoms. The van der Waals surface area contributed by atoms with E-state index in [9.17, 15) is 0 Å². The molecule has 2 N–H and O–H groups in total. The van der Waals surface area contributed by atoms with Crippen LogP contribution in [-0.4, -0.2) is 47.3 Å². The van der Waals surface area contributed by atoms with Gasteiger partial charge in [-0.05, 0) is 38.8 Å². The van der Waals surface area contributed by atoms with Gasteiger partial charge in [-0.1, -0.05) is 6.08 Å². The Balaban J connectivity index is 1.83. The maximum absolute atomic E-state index is 4.56. The average Bonchev–Trinajstić information content (AvgIpc) is 3.03. The van der Waals surface area contributed by atoms with E-state index in [0.717, 1.165) is 42.4 Å². The molecule has 0 saturated carbocycles. The number of allylic oxidation sites excluding steroid dienone is 2. The van der Waals surface area contributed by atoms with Crippen LogP contribution in [0, 0.1) is 5.92 Å². The molecule has 0 aliphatic carbocycles. The van der Waals surface area contributed by atoms with E-state index in [0.29, 0.717) is 5.92 Å². The first-order valence-corrected chi connectivity index (χ1v) is 8.19. The number of rotatable bonds is 5. The Morgan fingerprint density at radius 2 is 2.26 bits per heavy atom. The fourth-order valence-corrected chi connectivity index (χ4v) is 3.01. The smallest absolute Gasteiger partial charge is 0.180 e. The van der Waals surface area contributed by atoms with Crippen LogP contribution in [0.1, 0.15) is 25.5 Å². The summed E-state index contributed by atoms with van der Waals surface area (Å²) in [6.07, 6.45) is 12.0. The third kappa shape index (κ3) is 3.42. The summed E-state index contributed by atoms with van der Waals surface area (Å²) in [4.78, 5) is 13.1. The predicted molar refractivity (Wildman–Crippen MR) is 95.1 cm³/mol. The number of nitrogens with one attached hydrogen (secondary N) is 2. The van der Waals surface area contributed by atoms with Crippen molar-refractivity contribution in [3.63, 3.8) is 0 Å². The minimum absolute atomic E-state index is 0.700. The number of fused-ring (bicyclic) bond motifs is 1. The lowest BCUT2D eigenvalue weighted by molar-refractivity contribution is 0.389. The van der Waals surface area contributed by atoms with Crippen molar-refractivity contribution in [1.29, 1.82) is 0 Å². The Bertz CT molecular complexity index is 709. The first kappa shape index (κ1) is 15.7. The maximum atomic E-state index is 4.56. The number of piperidine rings is 1. The quantitative estimate of drug-likeness (QED) is 0.831. The molecule has 0 spiro atoms. The zero-order valence-corrected chi connectivity index (χ0v) is 13.8.